The number of carbonyl (C=O) groups excluding carboxylic acids is 3. The third kappa shape index (κ3) is 62.7. The Bertz CT molecular complexity index is 1230. The Morgan fingerprint density at radius 3 is 0.658 bits per heavy atom. The molecule has 448 valence electrons. The van der Waals surface area contributed by atoms with Crippen LogP contribution in [0.15, 0.2) is 24.3 Å². The molecule has 0 rings (SSSR count). The first kappa shape index (κ1) is 73.9. The van der Waals surface area contributed by atoms with E-state index in [2.05, 4.69) is 45.1 Å². The molecule has 0 amide bonds. The summed E-state index contributed by atoms with van der Waals surface area (Å²) in [7, 11) is 0. The summed E-state index contributed by atoms with van der Waals surface area (Å²) in [4.78, 5) is 38.4. The van der Waals surface area contributed by atoms with Crippen LogP contribution in [0, 0.1) is 0 Å². The molecule has 76 heavy (non-hydrogen) atoms. The van der Waals surface area contributed by atoms with Crippen molar-refractivity contribution in [2.45, 2.75) is 393 Å². The number of hydrogen-bond acceptors (Lipinski definition) is 6. The summed E-state index contributed by atoms with van der Waals surface area (Å²) in [5, 5.41) is 0. The van der Waals surface area contributed by atoms with Gasteiger partial charge in [-0.1, -0.05) is 321 Å². The minimum atomic E-state index is -0.773. The van der Waals surface area contributed by atoms with Crippen molar-refractivity contribution in [1.29, 1.82) is 0 Å². The Balaban J connectivity index is 4.30. The molecule has 0 saturated carbocycles. The standard InChI is InChI=1S/C70H132O6/c1-4-7-10-13-16-19-22-25-28-31-33-35-37-39-42-45-48-51-54-57-60-63-69(72)75-66-67(65-74-68(71)62-59-56-53-50-47-44-41-30-27-24-21-18-15-12-9-6-3)76-70(73)64-61-58-55-52-49-46-43-40-38-36-34-32-29-26-23-20-17-14-11-8-5-2/h30-31,33,41,67H,4-29,32,34-40,42-66H2,1-3H3/b33-31-,41-30-. The fourth-order valence-corrected chi connectivity index (χ4v) is 10.5. The smallest absolute Gasteiger partial charge is 0.306 e. The summed E-state index contributed by atoms with van der Waals surface area (Å²) < 4.78 is 17.0. The van der Waals surface area contributed by atoms with E-state index in [0.29, 0.717) is 19.3 Å². The van der Waals surface area contributed by atoms with Crippen molar-refractivity contribution >= 4 is 17.9 Å². The maximum atomic E-state index is 12.9. The Morgan fingerprint density at radius 2 is 0.434 bits per heavy atom. The average molecular weight is 1070 g/mol. The van der Waals surface area contributed by atoms with Gasteiger partial charge in [-0.25, -0.2) is 0 Å². The van der Waals surface area contributed by atoms with E-state index in [1.54, 1.807) is 0 Å². The van der Waals surface area contributed by atoms with Crippen molar-refractivity contribution in [3.05, 3.63) is 24.3 Å². The number of esters is 3. The van der Waals surface area contributed by atoms with Crippen LogP contribution in [0.3, 0.4) is 0 Å². The van der Waals surface area contributed by atoms with E-state index in [9.17, 15) is 14.4 Å². The van der Waals surface area contributed by atoms with E-state index in [-0.39, 0.29) is 31.1 Å². The van der Waals surface area contributed by atoms with Crippen molar-refractivity contribution in [3.63, 3.8) is 0 Å². The van der Waals surface area contributed by atoms with E-state index in [0.717, 1.165) is 64.2 Å². The second kappa shape index (κ2) is 65.4. The lowest BCUT2D eigenvalue weighted by molar-refractivity contribution is -0.167. The molecule has 0 aromatic heterocycles. The fraction of sp³-hybridized carbons (Fsp3) is 0.900. The first-order valence-electron chi connectivity index (χ1n) is 34.3. The molecule has 0 bridgehead atoms. The molecule has 0 spiro atoms. The van der Waals surface area contributed by atoms with E-state index in [1.807, 2.05) is 0 Å². The summed E-state index contributed by atoms with van der Waals surface area (Å²) in [6, 6.07) is 0. The minimum Gasteiger partial charge on any atom is -0.462 e. The van der Waals surface area contributed by atoms with Gasteiger partial charge in [0.05, 0.1) is 0 Å². The molecule has 0 N–H and O–H groups in total. The minimum absolute atomic E-state index is 0.0697. The third-order valence-corrected chi connectivity index (χ3v) is 15.7. The van der Waals surface area contributed by atoms with Gasteiger partial charge in [0, 0.05) is 19.3 Å². The normalized spacial score (nSPS) is 12.1. The molecule has 6 heteroatoms. The number of hydrogen-bond donors (Lipinski definition) is 0. The van der Waals surface area contributed by atoms with Crippen LogP contribution in [0.25, 0.3) is 0 Å². The molecule has 0 aliphatic rings. The number of rotatable bonds is 64. The number of unbranched alkanes of at least 4 members (excludes halogenated alkanes) is 49. The van der Waals surface area contributed by atoms with Gasteiger partial charge in [-0.3, -0.25) is 14.4 Å². The summed E-state index contributed by atoms with van der Waals surface area (Å²) in [5.41, 5.74) is 0. The van der Waals surface area contributed by atoms with Crippen LogP contribution < -0.4 is 0 Å². The van der Waals surface area contributed by atoms with Crippen LogP contribution in [0.2, 0.25) is 0 Å². The molecule has 0 aliphatic carbocycles. The topological polar surface area (TPSA) is 78.9 Å². The Kier molecular flexibility index (Phi) is 63.6. The molecule has 0 aromatic carbocycles. The zero-order chi connectivity index (χ0) is 55.0. The van der Waals surface area contributed by atoms with Gasteiger partial charge < -0.3 is 14.2 Å². The highest BCUT2D eigenvalue weighted by Crippen LogP contribution is 2.18. The first-order chi connectivity index (χ1) is 37.5. The molecule has 0 fully saturated rings. The van der Waals surface area contributed by atoms with Crippen LogP contribution in [0.5, 0.6) is 0 Å². The van der Waals surface area contributed by atoms with Gasteiger partial charge in [-0.2, -0.15) is 0 Å². The maximum absolute atomic E-state index is 12.9. The van der Waals surface area contributed by atoms with Gasteiger partial charge in [0.2, 0.25) is 0 Å². The van der Waals surface area contributed by atoms with Gasteiger partial charge >= 0.3 is 17.9 Å². The van der Waals surface area contributed by atoms with Gasteiger partial charge in [-0.15, -0.1) is 0 Å². The van der Waals surface area contributed by atoms with Crippen molar-refractivity contribution in [2.24, 2.45) is 0 Å². The number of carbonyl (C=O) groups is 3. The second-order valence-electron chi connectivity index (χ2n) is 23.4. The van der Waals surface area contributed by atoms with Crippen LogP contribution >= 0.6 is 0 Å². The zero-order valence-corrected chi connectivity index (χ0v) is 51.6. The van der Waals surface area contributed by atoms with Gasteiger partial charge in [-0.05, 0) is 70.6 Å². The third-order valence-electron chi connectivity index (χ3n) is 15.7. The molecule has 0 aromatic rings. The average Bonchev–Trinajstić information content (AvgIpc) is 3.42. The Labute approximate surface area is 474 Å². The molecule has 0 saturated heterocycles. The van der Waals surface area contributed by atoms with E-state index < -0.39 is 6.10 Å². The second-order valence-corrected chi connectivity index (χ2v) is 23.4. The van der Waals surface area contributed by atoms with E-state index in [1.165, 1.54) is 283 Å². The fourth-order valence-electron chi connectivity index (χ4n) is 10.5. The van der Waals surface area contributed by atoms with Crippen molar-refractivity contribution < 1.29 is 28.6 Å². The van der Waals surface area contributed by atoms with Crippen LogP contribution in [0.4, 0.5) is 0 Å². The highest BCUT2D eigenvalue weighted by atomic mass is 16.6. The molecule has 6 nitrogen and oxygen atoms in total. The Hall–Kier alpha value is -2.11. The highest BCUT2D eigenvalue weighted by Gasteiger charge is 2.19. The molecule has 0 heterocycles. The van der Waals surface area contributed by atoms with Crippen molar-refractivity contribution in [2.75, 3.05) is 13.2 Å². The zero-order valence-electron chi connectivity index (χ0n) is 51.6. The van der Waals surface area contributed by atoms with E-state index >= 15 is 0 Å². The quantitative estimate of drug-likeness (QED) is 0.0261. The summed E-state index contributed by atoms with van der Waals surface area (Å²) in [5.74, 6) is -0.849. The Morgan fingerprint density at radius 1 is 0.250 bits per heavy atom. The lowest BCUT2D eigenvalue weighted by Gasteiger charge is -2.18. The summed E-state index contributed by atoms with van der Waals surface area (Å²) in [6.07, 6.45) is 79.1. The number of ether oxygens (including phenoxy) is 3. The van der Waals surface area contributed by atoms with Crippen molar-refractivity contribution in [1.82, 2.24) is 0 Å². The molecule has 1 atom stereocenters. The summed E-state index contributed by atoms with van der Waals surface area (Å²) in [6.45, 7) is 6.71. The first-order valence-corrected chi connectivity index (χ1v) is 34.3. The monoisotopic (exact) mass is 1070 g/mol. The van der Waals surface area contributed by atoms with Crippen LogP contribution in [-0.4, -0.2) is 37.2 Å². The molecule has 0 radical (unpaired) electrons. The highest BCUT2D eigenvalue weighted by molar-refractivity contribution is 5.71. The lowest BCUT2D eigenvalue weighted by atomic mass is 10.0. The van der Waals surface area contributed by atoms with Crippen LogP contribution in [-0.2, 0) is 28.6 Å². The maximum Gasteiger partial charge on any atom is 0.306 e. The van der Waals surface area contributed by atoms with Gasteiger partial charge in [0.1, 0.15) is 13.2 Å². The molecular weight excluding hydrogens is 937 g/mol. The van der Waals surface area contributed by atoms with Gasteiger partial charge in [0.25, 0.3) is 0 Å². The lowest BCUT2D eigenvalue weighted by Crippen LogP contribution is -2.30. The van der Waals surface area contributed by atoms with Crippen molar-refractivity contribution in [3.8, 4) is 0 Å². The van der Waals surface area contributed by atoms with Crippen LogP contribution in [0.1, 0.15) is 387 Å². The van der Waals surface area contributed by atoms with E-state index in [4.69, 9.17) is 14.2 Å². The summed E-state index contributed by atoms with van der Waals surface area (Å²) >= 11 is 0. The number of allylic oxidation sites excluding steroid dienone is 4. The molecular formula is C70H132O6. The SMILES string of the molecule is CCCCCCCCC/C=C\CCCCCCCC(=O)OCC(COC(=O)CCCCCCCCCCC/C=C\CCCCCCCCCC)OC(=O)CCCCCCCCCCCCCCCCCCCCCCC. The largest absolute Gasteiger partial charge is 0.462 e. The predicted molar refractivity (Wildman–Crippen MR) is 330 cm³/mol. The van der Waals surface area contributed by atoms with Gasteiger partial charge in [0.15, 0.2) is 6.10 Å². The molecule has 1 unspecified atom stereocenters. The predicted octanol–water partition coefficient (Wildman–Crippen LogP) is 23.4. The molecule has 0 aliphatic heterocycles.